The van der Waals surface area contributed by atoms with Gasteiger partial charge in [0.2, 0.25) is 0 Å². The molecule has 1 aliphatic heterocycles. The second-order valence-electron chi connectivity index (χ2n) is 6.48. The highest BCUT2D eigenvalue weighted by Crippen LogP contribution is 2.32. The van der Waals surface area contributed by atoms with Crippen molar-refractivity contribution >= 4 is 43.2 Å². The summed E-state index contributed by atoms with van der Waals surface area (Å²) in [5.74, 6) is -0.0813. The third-order valence-corrected chi connectivity index (χ3v) is 6.47. The molecule has 1 aliphatic rings. The molecule has 7 heteroatoms. The van der Waals surface area contributed by atoms with E-state index in [1.165, 1.54) is 6.07 Å². The summed E-state index contributed by atoms with van der Waals surface area (Å²) in [5.41, 5.74) is 2.70. The Hall–Kier alpha value is -2.64. The number of halogens is 1. The summed E-state index contributed by atoms with van der Waals surface area (Å²) in [7, 11) is -3.72. The standard InChI is InChI=1S/C21H17BrN2O3S/c22-17-7-4-8-18(14-17)23-28(26,27)19-9-10-20-16(13-19)11-12-24(20)21(25)15-5-2-1-3-6-15/h1-10,13-14,23H,11-12H2. The van der Waals surface area contributed by atoms with Gasteiger partial charge in [-0.2, -0.15) is 0 Å². The van der Waals surface area contributed by atoms with E-state index in [2.05, 4.69) is 20.7 Å². The maximum atomic E-state index is 12.8. The van der Waals surface area contributed by atoms with Crippen LogP contribution >= 0.6 is 15.9 Å². The number of benzene rings is 3. The van der Waals surface area contributed by atoms with Gasteiger partial charge in [0.25, 0.3) is 15.9 Å². The number of anilines is 2. The Balaban J connectivity index is 1.60. The van der Waals surface area contributed by atoms with Crippen molar-refractivity contribution in [2.75, 3.05) is 16.2 Å². The first-order chi connectivity index (χ1) is 13.4. The van der Waals surface area contributed by atoms with Crippen molar-refractivity contribution in [1.82, 2.24) is 0 Å². The molecule has 0 saturated carbocycles. The predicted octanol–water partition coefficient (Wildman–Crippen LogP) is 4.45. The molecular weight excluding hydrogens is 440 g/mol. The third-order valence-electron chi connectivity index (χ3n) is 4.60. The summed E-state index contributed by atoms with van der Waals surface area (Å²) in [6, 6.07) is 20.9. The summed E-state index contributed by atoms with van der Waals surface area (Å²) in [6.45, 7) is 0.533. The molecule has 0 saturated heterocycles. The molecule has 0 unspecified atom stereocenters. The van der Waals surface area contributed by atoms with Gasteiger partial charge in [0.1, 0.15) is 0 Å². The SMILES string of the molecule is O=C(c1ccccc1)N1CCc2cc(S(=O)(=O)Nc3cccc(Br)c3)ccc21. The molecule has 1 amide bonds. The van der Waals surface area contributed by atoms with E-state index < -0.39 is 10.0 Å². The van der Waals surface area contributed by atoms with E-state index in [0.29, 0.717) is 24.2 Å². The number of amides is 1. The van der Waals surface area contributed by atoms with Gasteiger partial charge in [0.05, 0.1) is 4.90 Å². The number of fused-ring (bicyclic) bond motifs is 1. The molecule has 1 N–H and O–H groups in total. The van der Waals surface area contributed by atoms with Crippen molar-refractivity contribution in [1.29, 1.82) is 0 Å². The molecule has 3 aromatic rings. The predicted molar refractivity (Wildman–Crippen MR) is 113 cm³/mol. The molecular formula is C21H17BrN2O3S. The van der Waals surface area contributed by atoms with E-state index in [4.69, 9.17) is 0 Å². The molecule has 3 aromatic carbocycles. The molecule has 0 bridgehead atoms. The maximum Gasteiger partial charge on any atom is 0.261 e. The zero-order chi connectivity index (χ0) is 19.7. The number of nitrogens with zero attached hydrogens (tertiary/aromatic N) is 1. The minimum atomic E-state index is -3.72. The topological polar surface area (TPSA) is 66.5 Å². The molecule has 5 nitrogen and oxygen atoms in total. The number of rotatable bonds is 4. The second-order valence-corrected chi connectivity index (χ2v) is 9.08. The first-order valence-corrected chi connectivity index (χ1v) is 11.0. The van der Waals surface area contributed by atoms with Crippen LogP contribution in [0.15, 0.2) is 82.2 Å². The van der Waals surface area contributed by atoms with Gasteiger partial charge in [-0.1, -0.05) is 40.2 Å². The molecule has 0 fully saturated rings. The van der Waals surface area contributed by atoms with E-state index in [0.717, 1.165) is 15.7 Å². The lowest BCUT2D eigenvalue weighted by Gasteiger charge is -2.18. The van der Waals surface area contributed by atoms with Crippen LogP contribution in [0.2, 0.25) is 0 Å². The number of hydrogen-bond donors (Lipinski definition) is 1. The molecule has 142 valence electrons. The first-order valence-electron chi connectivity index (χ1n) is 8.72. The van der Waals surface area contributed by atoms with Crippen molar-refractivity contribution in [2.45, 2.75) is 11.3 Å². The normalized spacial score (nSPS) is 13.2. The minimum Gasteiger partial charge on any atom is -0.308 e. The molecule has 1 heterocycles. The fourth-order valence-electron chi connectivity index (χ4n) is 3.26. The maximum absolute atomic E-state index is 12.8. The number of sulfonamides is 1. The van der Waals surface area contributed by atoms with Crippen molar-refractivity contribution < 1.29 is 13.2 Å². The molecule has 0 atom stereocenters. The largest absolute Gasteiger partial charge is 0.308 e. The molecule has 0 aromatic heterocycles. The lowest BCUT2D eigenvalue weighted by molar-refractivity contribution is 0.0989. The quantitative estimate of drug-likeness (QED) is 0.630. The number of carbonyl (C=O) groups is 1. The van der Waals surface area contributed by atoms with Crippen LogP contribution in [-0.2, 0) is 16.4 Å². The Bertz CT molecular complexity index is 1150. The molecule has 28 heavy (non-hydrogen) atoms. The van der Waals surface area contributed by atoms with E-state index in [1.807, 2.05) is 24.3 Å². The lowest BCUT2D eigenvalue weighted by atomic mass is 10.1. The zero-order valence-electron chi connectivity index (χ0n) is 14.8. The Morgan fingerprint density at radius 3 is 2.50 bits per heavy atom. The van der Waals surface area contributed by atoms with Crippen LogP contribution in [0.4, 0.5) is 11.4 Å². The van der Waals surface area contributed by atoms with Crippen LogP contribution in [0, 0.1) is 0 Å². The van der Waals surface area contributed by atoms with E-state index in [1.54, 1.807) is 47.4 Å². The van der Waals surface area contributed by atoms with Crippen LogP contribution in [-0.4, -0.2) is 20.9 Å². The van der Waals surface area contributed by atoms with Crippen LogP contribution in [0.3, 0.4) is 0 Å². The van der Waals surface area contributed by atoms with Gasteiger partial charge < -0.3 is 4.90 Å². The third kappa shape index (κ3) is 3.68. The van der Waals surface area contributed by atoms with Gasteiger partial charge in [-0.05, 0) is 60.5 Å². The van der Waals surface area contributed by atoms with E-state index >= 15 is 0 Å². The smallest absolute Gasteiger partial charge is 0.261 e. The summed E-state index contributed by atoms with van der Waals surface area (Å²) in [6.07, 6.45) is 0.619. The molecule has 0 spiro atoms. The van der Waals surface area contributed by atoms with Crippen molar-refractivity contribution in [3.8, 4) is 0 Å². The monoisotopic (exact) mass is 456 g/mol. The average Bonchev–Trinajstić information content (AvgIpc) is 3.11. The summed E-state index contributed by atoms with van der Waals surface area (Å²) in [4.78, 5) is 14.6. The lowest BCUT2D eigenvalue weighted by Crippen LogP contribution is -2.28. The van der Waals surface area contributed by atoms with Gasteiger partial charge >= 0.3 is 0 Å². The Morgan fingerprint density at radius 1 is 0.964 bits per heavy atom. The average molecular weight is 457 g/mol. The Kier molecular flexibility index (Phi) is 4.95. The fourth-order valence-corrected chi connectivity index (χ4v) is 4.76. The molecule has 0 aliphatic carbocycles. The highest BCUT2D eigenvalue weighted by atomic mass is 79.9. The summed E-state index contributed by atoms with van der Waals surface area (Å²) < 4.78 is 28.9. The second kappa shape index (κ2) is 7.41. The molecule has 0 radical (unpaired) electrons. The number of hydrogen-bond acceptors (Lipinski definition) is 3. The number of nitrogens with one attached hydrogen (secondary N) is 1. The van der Waals surface area contributed by atoms with Gasteiger partial charge in [-0.15, -0.1) is 0 Å². The van der Waals surface area contributed by atoms with Crippen LogP contribution < -0.4 is 9.62 Å². The van der Waals surface area contributed by atoms with E-state index in [9.17, 15) is 13.2 Å². The summed E-state index contributed by atoms with van der Waals surface area (Å²) >= 11 is 3.33. The van der Waals surface area contributed by atoms with Gasteiger partial charge in [0.15, 0.2) is 0 Å². The van der Waals surface area contributed by atoms with Crippen LogP contribution in [0.5, 0.6) is 0 Å². The molecule has 4 rings (SSSR count). The van der Waals surface area contributed by atoms with E-state index in [-0.39, 0.29) is 10.8 Å². The van der Waals surface area contributed by atoms with Gasteiger partial charge in [0, 0.05) is 28.0 Å². The van der Waals surface area contributed by atoms with Crippen LogP contribution in [0.1, 0.15) is 15.9 Å². The van der Waals surface area contributed by atoms with Crippen LogP contribution in [0.25, 0.3) is 0 Å². The Morgan fingerprint density at radius 2 is 1.75 bits per heavy atom. The zero-order valence-corrected chi connectivity index (χ0v) is 17.2. The minimum absolute atomic E-state index is 0.0813. The van der Waals surface area contributed by atoms with Gasteiger partial charge in [-0.3, -0.25) is 9.52 Å². The Labute approximate surface area is 172 Å². The highest BCUT2D eigenvalue weighted by molar-refractivity contribution is 9.10. The fraction of sp³-hybridized carbons (Fsp3) is 0.0952. The summed E-state index contributed by atoms with van der Waals surface area (Å²) in [5, 5.41) is 0. The first kappa shape index (κ1) is 18.7. The van der Waals surface area contributed by atoms with Crippen molar-refractivity contribution in [3.63, 3.8) is 0 Å². The highest BCUT2D eigenvalue weighted by Gasteiger charge is 2.27. The van der Waals surface area contributed by atoms with Crippen molar-refractivity contribution in [3.05, 3.63) is 88.4 Å². The van der Waals surface area contributed by atoms with Gasteiger partial charge in [-0.25, -0.2) is 8.42 Å². The van der Waals surface area contributed by atoms with Crippen molar-refractivity contribution in [2.24, 2.45) is 0 Å². The number of carbonyl (C=O) groups excluding carboxylic acids is 1.